The van der Waals surface area contributed by atoms with Crippen molar-refractivity contribution in [3.05, 3.63) is 69.8 Å². The van der Waals surface area contributed by atoms with E-state index in [1.165, 1.54) is 0 Å². The summed E-state index contributed by atoms with van der Waals surface area (Å²) in [6.07, 6.45) is 0. The molecule has 2 N–H and O–H groups in total. The topological polar surface area (TPSA) is 88.3 Å². The third kappa shape index (κ3) is 4.43. The number of hydrogen-bond donors (Lipinski definition) is 2. The Hall–Kier alpha value is -2.93. The number of ketones is 1. The van der Waals surface area contributed by atoms with Gasteiger partial charge >= 0.3 is 5.97 Å². The number of fused-ring (bicyclic) bond motifs is 1. The van der Waals surface area contributed by atoms with Crippen LogP contribution in [0.3, 0.4) is 0 Å². The summed E-state index contributed by atoms with van der Waals surface area (Å²) in [5, 5.41) is 3.26. The van der Waals surface area contributed by atoms with Gasteiger partial charge in [0.25, 0.3) is 5.91 Å². The fourth-order valence-electron chi connectivity index (χ4n) is 2.79. The maximum Gasteiger partial charge on any atom is 0.325 e. The van der Waals surface area contributed by atoms with Gasteiger partial charge in [-0.15, -0.1) is 0 Å². The molecule has 1 aromatic heterocycles. The van der Waals surface area contributed by atoms with E-state index in [1.807, 2.05) is 24.3 Å². The first-order valence-corrected chi connectivity index (χ1v) is 9.05. The van der Waals surface area contributed by atoms with Gasteiger partial charge in [-0.2, -0.15) is 0 Å². The number of esters is 1. The number of nitrogens with one attached hydrogen (secondary N) is 2. The number of para-hydroxylation sites is 1. The highest BCUT2D eigenvalue weighted by Crippen LogP contribution is 2.22. The van der Waals surface area contributed by atoms with Crippen LogP contribution < -0.4 is 5.32 Å². The number of carbonyl (C=O) groups excluding carboxylic acids is 3. The molecule has 0 saturated heterocycles. The fraction of sp³-hybridized carbons (Fsp3) is 0.150. The van der Waals surface area contributed by atoms with Gasteiger partial charge in [0.05, 0.1) is 0 Å². The Morgan fingerprint density at radius 1 is 1.11 bits per heavy atom. The average Bonchev–Trinajstić information content (AvgIpc) is 2.99. The Balaban J connectivity index is 1.55. The minimum atomic E-state index is -0.677. The summed E-state index contributed by atoms with van der Waals surface area (Å²) in [5.74, 6) is -1.37. The largest absolute Gasteiger partial charge is 0.456 e. The Labute approximate surface area is 164 Å². The van der Waals surface area contributed by atoms with Gasteiger partial charge in [0.2, 0.25) is 5.78 Å². The van der Waals surface area contributed by atoms with Crippen LogP contribution in [0, 0.1) is 6.92 Å². The molecule has 0 aliphatic rings. The molecular weight excluding hydrogens is 412 g/mol. The van der Waals surface area contributed by atoms with E-state index in [0.29, 0.717) is 11.1 Å². The molecule has 1 heterocycles. The summed E-state index contributed by atoms with van der Waals surface area (Å²) < 4.78 is 5.78. The molecule has 27 heavy (non-hydrogen) atoms. The van der Waals surface area contributed by atoms with Gasteiger partial charge in [-0.3, -0.25) is 14.4 Å². The van der Waals surface area contributed by atoms with Crippen molar-refractivity contribution in [2.45, 2.75) is 6.92 Å². The van der Waals surface area contributed by atoms with Gasteiger partial charge < -0.3 is 15.0 Å². The number of aromatic nitrogens is 1. The average molecular weight is 429 g/mol. The van der Waals surface area contributed by atoms with Gasteiger partial charge in [0.15, 0.2) is 6.61 Å². The lowest BCUT2D eigenvalue weighted by Crippen LogP contribution is -2.31. The number of halogens is 1. The molecular formula is C20H17BrN2O4. The monoisotopic (exact) mass is 428 g/mol. The summed E-state index contributed by atoms with van der Waals surface area (Å²) in [4.78, 5) is 39.5. The molecule has 3 aromatic rings. The van der Waals surface area contributed by atoms with Crippen LogP contribution >= 0.6 is 15.9 Å². The van der Waals surface area contributed by atoms with Gasteiger partial charge in [0, 0.05) is 32.2 Å². The molecule has 2 aromatic carbocycles. The van der Waals surface area contributed by atoms with Crippen LogP contribution in [-0.4, -0.2) is 35.8 Å². The lowest BCUT2D eigenvalue weighted by molar-refractivity contribution is -0.141. The summed E-state index contributed by atoms with van der Waals surface area (Å²) in [7, 11) is 0. The Kier molecular flexibility index (Phi) is 5.71. The van der Waals surface area contributed by atoms with Gasteiger partial charge in [0.1, 0.15) is 6.54 Å². The first kappa shape index (κ1) is 18.8. The Bertz CT molecular complexity index is 1030. The zero-order chi connectivity index (χ0) is 19.4. The zero-order valence-corrected chi connectivity index (χ0v) is 16.1. The van der Waals surface area contributed by atoms with Crippen LogP contribution in [0.15, 0.2) is 53.0 Å². The Morgan fingerprint density at radius 3 is 2.67 bits per heavy atom. The minimum absolute atomic E-state index is 0.295. The number of benzene rings is 2. The maximum absolute atomic E-state index is 12.5. The smallest absolute Gasteiger partial charge is 0.325 e. The van der Waals surface area contributed by atoms with Crippen molar-refractivity contribution in [3.63, 3.8) is 0 Å². The van der Waals surface area contributed by atoms with Crippen molar-refractivity contribution in [1.29, 1.82) is 0 Å². The van der Waals surface area contributed by atoms with E-state index in [4.69, 9.17) is 4.74 Å². The van der Waals surface area contributed by atoms with Crippen molar-refractivity contribution in [1.82, 2.24) is 10.3 Å². The number of ether oxygens (including phenoxy) is 1. The first-order valence-electron chi connectivity index (χ1n) is 8.25. The van der Waals surface area contributed by atoms with Crippen LogP contribution in [0.2, 0.25) is 0 Å². The SMILES string of the molecule is Cc1[nH]c2ccccc2c1C(=O)COC(=O)CNC(=O)c1cccc(Br)c1. The third-order valence-electron chi connectivity index (χ3n) is 4.02. The van der Waals surface area contributed by atoms with E-state index in [0.717, 1.165) is 21.1 Å². The highest BCUT2D eigenvalue weighted by molar-refractivity contribution is 9.10. The molecule has 0 bridgehead atoms. The van der Waals surface area contributed by atoms with E-state index in [2.05, 4.69) is 26.2 Å². The Morgan fingerprint density at radius 2 is 1.89 bits per heavy atom. The van der Waals surface area contributed by atoms with Crippen molar-refractivity contribution in [2.24, 2.45) is 0 Å². The lowest BCUT2D eigenvalue weighted by atomic mass is 10.1. The number of H-pyrrole nitrogens is 1. The molecule has 0 saturated carbocycles. The predicted octanol–water partition coefficient (Wildman–Crippen LogP) is 3.39. The molecule has 0 radical (unpaired) electrons. The molecule has 0 unspecified atom stereocenters. The van der Waals surface area contributed by atoms with Crippen LogP contribution in [0.4, 0.5) is 0 Å². The number of hydrogen-bond acceptors (Lipinski definition) is 4. The molecule has 6 nitrogen and oxygen atoms in total. The molecule has 138 valence electrons. The van der Waals surface area contributed by atoms with Crippen molar-refractivity contribution >= 4 is 44.5 Å². The minimum Gasteiger partial charge on any atom is -0.456 e. The number of rotatable bonds is 6. The van der Waals surface area contributed by atoms with Gasteiger partial charge in [-0.1, -0.05) is 40.2 Å². The summed E-state index contributed by atoms with van der Waals surface area (Å²) in [6, 6.07) is 14.2. The molecule has 0 aliphatic carbocycles. The van der Waals surface area contributed by atoms with Crippen LogP contribution in [-0.2, 0) is 9.53 Å². The van der Waals surface area contributed by atoms with Crippen LogP contribution in [0.25, 0.3) is 10.9 Å². The standard InChI is InChI=1S/C20H17BrN2O4/c1-12-19(15-7-2-3-8-16(15)23-12)17(24)11-27-18(25)10-22-20(26)13-5-4-6-14(21)9-13/h2-9,23H,10-11H2,1H3,(H,22,26). The quantitative estimate of drug-likeness (QED) is 0.465. The second-order valence-electron chi connectivity index (χ2n) is 5.95. The summed E-state index contributed by atoms with van der Waals surface area (Å²) >= 11 is 3.28. The summed E-state index contributed by atoms with van der Waals surface area (Å²) in [6.45, 7) is 1.10. The van der Waals surface area contributed by atoms with E-state index < -0.39 is 11.9 Å². The number of amides is 1. The predicted molar refractivity (Wildman–Crippen MR) is 105 cm³/mol. The maximum atomic E-state index is 12.5. The normalized spacial score (nSPS) is 10.6. The highest BCUT2D eigenvalue weighted by Gasteiger charge is 2.18. The van der Waals surface area contributed by atoms with Gasteiger partial charge in [-0.05, 0) is 31.2 Å². The third-order valence-corrected chi connectivity index (χ3v) is 4.51. The van der Waals surface area contributed by atoms with E-state index in [9.17, 15) is 14.4 Å². The molecule has 3 rings (SSSR count). The second kappa shape index (κ2) is 8.18. The molecule has 0 aliphatic heterocycles. The van der Waals surface area contributed by atoms with E-state index >= 15 is 0 Å². The molecule has 7 heteroatoms. The zero-order valence-electron chi connectivity index (χ0n) is 14.5. The number of aryl methyl sites for hydroxylation is 1. The number of aromatic amines is 1. The van der Waals surface area contributed by atoms with Crippen LogP contribution in [0.5, 0.6) is 0 Å². The molecule has 1 amide bonds. The first-order chi connectivity index (χ1) is 13.0. The summed E-state index contributed by atoms with van der Waals surface area (Å²) in [5.41, 5.74) is 2.51. The van der Waals surface area contributed by atoms with Gasteiger partial charge in [-0.25, -0.2) is 0 Å². The molecule has 0 spiro atoms. The van der Waals surface area contributed by atoms with Crippen molar-refractivity contribution < 1.29 is 19.1 Å². The van der Waals surface area contributed by atoms with E-state index in [-0.39, 0.29) is 18.9 Å². The van der Waals surface area contributed by atoms with Crippen LogP contribution in [0.1, 0.15) is 26.4 Å². The lowest BCUT2D eigenvalue weighted by Gasteiger charge is -2.07. The highest BCUT2D eigenvalue weighted by atomic mass is 79.9. The second-order valence-corrected chi connectivity index (χ2v) is 6.86. The number of carbonyl (C=O) groups is 3. The van der Waals surface area contributed by atoms with E-state index in [1.54, 1.807) is 31.2 Å². The molecule has 0 atom stereocenters. The number of Topliss-reactive ketones (excluding diaryl/α,β-unsaturated/α-hetero) is 1. The van der Waals surface area contributed by atoms with Crippen molar-refractivity contribution in [2.75, 3.05) is 13.2 Å². The molecule has 0 fully saturated rings. The van der Waals surface area contributed by atoms with Crippen molar-refractivity contribution in [3.8, 4) is 0 Å². The fourth-order valence-corrected chi connectivity index (χ4v) is 3.19.